The largest absolute Gasteiger partial charge is 0.479 e. The molecule has 0 radical (unpaired) electrons. The van der Waals surface area contributed by atoms with Crippen molar-refractivity contribution in [2.75, 3.05) is 0 Å². The van der Waals surface area contributed by atoms with Crippen LogP contribution in [0.4, 0.5) is 0 Å². The van der Waals surface area contributed by atoms with Crippen molar-refractivity contribution in [1.82, 2.24) is 9.55 Å². The first-order chi connectivity index (χ1) is 10.2. The van der Waals surface area contributed by atoms with Crippen molar-refractivity contribution in [3.63, 3.8) is 0 Å². The summed E-state index contributed by atoms with van der Waals surface area (Å²) in [5.41, 5.74) is 1.26. The van der Waals surface area contributed by atoms with E-state index in [1.54, 1.807) is 12.5 Å². The van der Waals surface area contributed by atoms with Gasteiger partial charge in [-0.3, -0.25) is 4.84 Å². The van der Waals surface area contributed by atoms with E-state index in [0.717, 1.165) is 6.54 Å². The smallest absolute Gasteiger partial charge is 0.335 e. The van der Waals surface area contributed by atoms with Crippen LogP contribution in [0.25, 0.3) is 0 Å². The minimum atomic E-state index is -1.03. The minimum Gasteiger partial charge on any atom is -0.479 e. The highest BCUT2D eigenvalue weighted by Crippen LogP contribution is 2.31. The quantitative estimate of drug-likeness (QED) is 0.593. The van der Waals surface area contributed by atoms with Crippen LogP contribution in [-0.4, -0.2) is 26.7 Å². The number of carboxylic acids is 1. The molecule has 0 aliphatic heterocycles. The van der Waals surface area contributed by atoms with E-state index in [1.807, 2.05) is 16.8 Å². The van der Waals surface area contributed by atoms with Gasteiger partial charge in [-0.05, 0) is 18.8 Å². The van der Waals surface area contributed by atoms with Crippen LogP contribution < -0.4 is 5.90 Å². The van der Waals surface area contributed by atoms with Gasteiger partial charge in [-0.2, -0.15) is 0 Å². The molecule has 0 aromatic carbocycles. The molecule has 1 aliphatic carbocycles. The van der Waals surface area contributed by atoms with Gasteiger partial charge in [0.2, 0.25) is 0 Å². The highest BCUT2D eigenvalue weighted by molar-refractivity contribution is 5.72. The molecule has 21 heavy (non-hydrogen) atoms. The molecule has 3 N–H and O–H groups in total. The fraction of sp³-hybridized carbons (Fsp3) is 0.600. The first kappa shape index (κ1) is 15.7. The number of imidazole rings is 1. The predicted octanol–water partition coefficient (Wildman–Crippen LogP) is 2.12. The lowest BCUT2D eigenvalue weighted by Crippen LogP contribution is -2.26. The van der Waals surface area contributed by atoms with Crippen LogP contribution in [-0.2, 0) is 16.2 Å². The second kappa shape index (κ2) is 7.95. The Morgan fingerprint density at radius 3 is 2.81 bits per heavy atom. The fourth-order valence-electron chi connectivity index (χ4n) is 2.90. The number of hydrogen-bond acceptors (Lipinski definition) is 4. The van der Waals surface area contributed by atoms with Crippen molar-refractivity contribution < 1.29 is 14.7 Å². The number of nitrogens with two attached hydrogens (primary N) is 1. The Bertz CT molecular complexity index is 465. The van der Waals surface area contributed by atoms with E-state index >= 15 is 0 Å². The van der Waals surface area contributed by atoms with E-state index in [1.165, 1.54) is 37.7 Å². The van der Waals surface area contributed by atoms with Gasteiger partial charge in [0.1, 0.15) is 0 Å². The lowest BCUT2D eigenvalue weighted by Gasteiger charge is -2.25. The third kappa shape index (κ3) is 4.68. The Morgan fingerprint density at radius 1 is 1.48 bits per heavy atom. The summed E-state index contributed by atoms with van der Waals surface area (Å²) in [6, 6.07) is 0. The van der Waals surface area contributed by atoms with Crippen molar-refractivity contribution in [2.45, 2.75) is 51.2 Å². The highest BCUT2D eigenvalue weighted by Gasteiger charge is 2.20. The number of hydrogen-bond donors (Lipinski definition) is 2. The second-order valence-electron chi connectivity index (χ2n) is 5.55. The summed E-state index contributed by atoms with van der Waals surface area (Å²) in [7, 11) is 0. The van der Waals surface area contributed by atoms with Gasteiger partial charge in [0.15, 0.2) is 6.10 Å². The average molecular weight is 293 g/mol. The fourth-order valence-corrected chi connectivity index (χ4v) is 2.90. The standard InChI is InChI=1S/C15H23N3O3/c16-21-14(15(19)20)7-6-13(10-18-9-8-17-11-18)12-4-2-1-3-5-12/h6,8-9,11-12,14H,1-5,7,10,16H2,(H,19,20)/b13-6+. The molecule has 116 valence electrons. The first-order valence-electron chi connectivity index (χ1n) is 7.43. The SMILES string of the molecule is NOC(C/C=C(\Cn1ccnc1)C1CCCCC1)C(=O)O. The zero-order chi connectivity index (χ0) is 15.1. The average Bonchev–Trinajstić information content (AvgIpc) is 3.00. The Labute approximate surface area is 124 Å². The molecular weight excluding hydrogens is 270 g/mol. The van der Waals surface area contributed by atoms with Gasteiger partial charge in [-0.1, -0.05) is 30.9 Å². The normalized spacial score (nSPS) is 18.6. The van der Waals surface area contributed by atoms with E-state index in [-0.39, 0.29) is 0 Å². The first-order valence-corrected chi connectivity index (χ1v) is 7.43. The highest BCUT2D eigenvalue weighted by atomic mass is 16.6. The van der Waals surface area contributed by atoms with Crippen molar-refractivity contribution in [2.24, 2.45) is 11.8 Å². The number of aliphatic carboxylic acids is 1. The summed E-state index contributed by atoms with van der Waals surface area (Å²) >= 11 is 0. The molecule has 1 atom stereocenters. The molecule has 1 fully saturated rings. The molecule has 1 aliphatic rings. The Morgan fingerprint density at radius 2 is 2.24 bits per heavy atom. The van der Waals surface area contributed by atoms with Gasteiger partial charge >= 0.3 is 5.97 Å². The molecule has 6 nitrogen and oxygen atoms in total. The molecule has 1 saturated carbocycles. The van der Waals surface area contributed by atoms with Crippen LogP contribution in [0, 0.1) is 5.92 Å². The maximum atomic E-state index is 11.0. The maximum absolute atomic E-state index is 11.0. The van der Waals surface area contributed by atoms with E-state index in [9.17, 15) is 4.79 Å². The van der Waals surface area contributed by atoms with Crippen molar-refractivity contribution >= 4 is 5.97 Å². The van der Waals surface area contributed by atoms with Gasteiger partial charge in [0.25, 0.3) is 0 Å². The van der Waals surface area contributed by atoms with Gasteiger partial charge in [-0.25, -0.2) is 15.7 Å². The van der Waals surface area contributed by atoms with Gasteiger partial charge in [-0.15, -0.1) is 0 Å². The lowest BCUT2D eigenvalue weighted by molar-refractivity contribution is -0.150. The second-order valence-corrected chi connectivity index (χ2v) is 5.55. The molecule has 2 rings (SSSR count). The molecule has 0 amide bonds. The zero-order valence-corrected chi connectivity index (χ0v) is 12.1. The molecule has 0 bridgehead atoms. The van der Waals surface area contributed by atoms with E-state index in [0.29, 0.717) is 12.3 Å². The predicted molar refractivity (Wildman–Crippen MR) is 78.2 cm³/mol. The Balaban J connectivity index is 2.07. The van der Waals surface area contributed by atoms with E-state index < -0.39 is 12.1 Å². The Kier molecular flexibility index (Phi) is 5.95. The molecule has 0 saturated heterocycles. The summed E-state index contributed by atoms with van der Waals surface area (Å²) in [6.45, 7) is 0.752. The number of carbonyl (C=O) groups is 1. The van der Waals surface area contributed by atoms with Gasteiger partial charge in [0.05, 0.1) is 6.33 Å². The summed E-state index contributed by atoms with van der Waals surface area (Å²) in [5, 5.41) is 9.00. The van der Waals surface area contributed by atoms with Crippen molar-refractivity contribution in [3.8, 4) is 0 Å². The number of aromatic nitrogens is 2. The summed E-state index contributed by atoms with van der Waals surface area (Å²) in [4.78, 5) is 19.6. The van der Waals surface area contributed by atoms with E-state index in [4.69, 9.17) is 11.0 Å². The van der Waals surface area contributed by atoms with Crippen LogP contribution in [0.15, 0.2) is 30.4 Å². The summed E-state index contributed by atoms with van der Waals surface area (Å²) < 4.78 is 2.01. The monoisotopic (exact) mass is 293 g/mol. The lowest BCUT2D eigenvalue weighted by atomic mass is 9.83. The maximum Gasteiger partial charge on any atom is 0.335 e. The molecule has 1 aromatic heterocycles. The number of nitrogens with zero attached hydrogens (tertiary/aromatic N) is 2. The van der Waals surface area contributed by atoms with Crippen LogP contribution in [0.1, 0.15) is 38.5 Å². The molecule has 0 spiro atoms. The topological polar surface area (TPSA) is 90.4 Å². The molecule has 1 aromatic rings. The van der Waals surface area contributed by atoms with Crippen LogP contribution >= 0.6 is 0 Å². The van der Waals surface area contributed by atoms with Crippen LogP contribution in [0.3, 0.4) is 0 Å². The molecule has 1 heterocycles. The third-order valence-electron chi connectivity index (χ3n) is 4.09. The van der Waals surface area contributed by atoms with Crippen molar-refractivity contribution in [3.05, 3.63) is 30.4 Å². The van der Waals surface area contributed by atoms with Gasteiger partial charge < -0.3 is 9.67 Å². The number of carboxylic acid groups (broad SMARTS) is 1. The zero-order valence-electron chi connectivity index (χ0n) is 12.1. The number of allylic oxidation sites excluding steroid dienone is 1. The third-order valence-corrected chi connectivity index (χ3v) is 4.09. The summed E-state index contributed by atoms with van der Waals surface area (Å²) in [5.74, 6) is 4.54. The van der Waals surface area contributed by atoms with Crippen LogP contribution in [0.2, 0.25) is 0 Å². The minimum absolute atomic E-state index is 0.298. The summed E-state index contributed by atoms with van der Waals surface area (Å²) in [6.07, 6.45) is 12.9. The molecule has 1 unspecified atom stereocenters. The Hall–Kier alpha value is -1.66. The number of rotatable bonds is 7. The molecular formula is C15H23N3O3. The van der Waals surface area contributed by atoms with E-state index in [2.05, 4.69) is 9.82 Å². The van der Waals surface area contributed by atoms with Crippen LogP contribution in [0.5, 0.6) is 0 Å². The van der Waals surface area contributed by atoms with Crippen molar-refractivity contribution in [1.29, 1.82) is 0 Å². The van der Waals surface area contributed by atoms with Gasteiger partial charge in [0, 0.05) is 25.4 Å². The molecule has 6 heteroatoms.